The average molecular weight is 289 g/mol. The molecule has 2 nitrogen and oxygen atoms in total. The molecule has 0 spiro atoms. The zero-order valence-electron chi connectivity index (χ0n) is 8.37. The summed E-state index contributed by atoms with van der Waals surface area (Å²) >= 11 is 5.37. The molecule has 0 aromatic carbocycles. The van der Waals surface area contributed by atoms with Gasteiger partial charge in [0.2, 0.25) is 0 Å². The van der Waals surface area contributed by atoms with Crippen LogP contribution in [0.2, 0.25) is 0 Å². The lowest BCUT2D eigenvalue weighted by Crippen LogP contribution is -2.41. The Morgan fingerprint density at radius 3 is 3.07 bits per heavy atom. The Balaban J connectivity index is 1.99. The summed E-state index contributed by atoms with van der Waals surface area (Å²) in [5.74, 6) is 0.553. The molecule has 3 rings (SSSR count). The molecule has 82 valence electrons. The molecular formula is C11H13BrO2S. The minimum absolute atomic E-state index is 0.245. The van der Waals surface area contributed by atoms with Crippen LogP contribution in [0.5, 0.6) is 0 Å². The summed E-state index contributed by atoms with van der Waals surface area (Å²) in [5.41, 5.74) is 0.245. The minimum Gasteiger partial charge on any atom is -0.381 e. The Labute approximate surface area is 102 Å². The molecule has 2 atom stereocenters. The van der Waals surface area contributed by atoms with Crippen molar-refractivity contribution in [2.45, 2.75) is 11.8 Å². The Morgan fingerprint density at radius 2 is 2.27 bits per heavy atom. The normalized spacial score (nSPS) is 35.4. The third-order valence-corrected chi connectivity index (χ3v) is 5.44. The summed E-state index contributed by atoms with van der Waals surface area (Å²) in [6.07, 6.45) is 1.10. The topological polar surface area (TPSA) is 18.5 Å². The highest BCUT2D eigenvalue weighted by atomic mass is 79.9. The van der Waals surface area contributed by atoms with E-state index < -0.39 is 0 Å². The SMILES string of the molecule is Brc1csc([C@]23CCOC[C@H]2COC3)c1. The van der Waals surface area contributed by atoms with Crippen molar-refractivity contribution in [1.29, 1.82) is 0 Å². The second-order valence-electron chi connectivity index (χ2n) is 4.32. The highest BCUT2D eigenvalue weighted by Crippen LogP contribution is 2.46. The zero-order valence-corrected chi connectivity index (χ0v) is 10.8. The van der Waals surface area contributed by atoms with Crippen LogP contribution in [-0.4, -0.2) is 26.4 Å². The molecule has 0 aliphatic carbocycles. The van der Waals surface area contributed by atoms with Gasteiger partial charge >= 0.3 is 0 Å². The van der Waals surface area contributed by atoms with Gasteiger partial charge in [-0.25, -0.2) is 0 Å². The lowest BCUT2D eigenvalue weighted by molar-refractivity contribution is 0.0216. The van der Waals surface area contributed by atoms with E-state index in [1.807, 2.05) is 11.3 Å². The van der Waals surface area contributed by atoms with Crippen LogP contribution < -0.4 is 0 Å². The number of thiophene rings is 1. The van der Waals surface area contributed by atoms with Gasteiger partial charge in [-0.3, -0.25) is 0 Å². The molecule has 0 radical (unpaired) electrons. The van der Waals surface area contributed by atoms with E-state index in [1.165, 1.54) is 9.35 Å². The van der Waals surface area contributed by atoms with E-state index in [-0.39, 0.29) is 5.41 Å². The molecule has 15 heavy (non-hydrogen) atoms. The van der Waals surface area contributed by atoms with Gasteiger partial charge in [-0.05, 0) is 28.4 Å². The van der Waals surface area contributed by atoms with Crippen molar-refractivity contribution in [3.05, 3.63) is 20.8 Å². The van der Waals surface area contributed by atoms with E-state index in [0.29, 0.717) is 5.92 Å². The molecule has 0 saturated carbocycles. The Hall–Kier alpha value is 0.1000. The average Bonchev–Trinajstić information content (AvgIpc) is 2.83. The van der Waals surface area contributed by atoms with Crippen molar-refractivity contribution in [2.75, 3.05) is 26.4 Å². The van der Waals surface area contributed by atoms with Crippen molar-refractivity contribution in [3.63, 3.8) is 0 Å². The summed E-state index contributed by atoms with van der Waals surface area (Å²) in [5, 5.41) is 2.16. The predicted octanol–water partition coefficient (Wildman–Crippen LogP) is 2.82. The van der Waals surface area contributed by atoms with E-state index in [1.54, 1.807) is 0 Å². The Bertz CT molecular complexity index is 365. The number of halogens is 1. The highest BCUT2D eigenvalue weighted by Gasteiger charge is 2.48. The quantitative estimate of drug-likeness (QED) is 0.791. The molecule has 3 heterocycles. The van der Waals surface area contributed by atoms with Crippen LogP contribution in [-0.2, 0) is 14.9 Å². The van der Waals surface area contributed by atoms with Gasteiger partial charge in [0.05, 0.1) is 19.8 Å². The zero-order chi connectivity index (χ0) is 10.3. The summed E-state index contributed by atoms with van der Waals surface area (Å²) in [6.45, 7) is 3.45. The standard InChI is InChI=1S/C11H13BrO2S/c12-9-3-10(15-6-9)11-1-2-13-4-8(11)5-14-7-11/h3,6,8H,1-2,4-5,7H2/t8-,11-/m0/s1. The van der Waals surface area contributed by atoms with Crippen molar-refractivity contribution in [2.24, 2.45) is 5.92 Å². The Kier molecular flexibility index (Phi) is 2.63. The van der Waals surface area contributed by atoms with Gasteiger partial charge in [0, 0.05) is 32.7 Å². The number of ether oxygens (including phenoxy) is 2. The van der Waals surface area contributed by atoms with Crippen molar-refractivity contribution in [3.8, 4) is 0 Å². The van der Waals surface area contributed by atoms with Gasteiger partial charge < -0.3 is 9.47 Å². The fraction of sp³-hybridized carbons (Fsp3) is 0.636. The van der Waals surface area contributed by atoms with Crippen molar-refractivity contribution < 1.29 is 9.47 Å². The lowest BCUT2D eigenvalue weighted by Gasteiger charge is -2.36. The maximum atomic E-state index is 5.67. The third kappa shape index (κ3) is 1.58. The van der Waals surface area contributed by atoms with Gasteiger partial charge in [-0.2, -0.15) is 0 Å². The number of hydrogen-bond donors (Lipinski definition) is 0. The van der Waals surface area contributed by atoms with Gasteiger partial charge in [-0.15, -0.1) is 11.3 Å². The van der Waals surface area contributed by atoms with Crippen LogP contribution in [0.3, 0.4) is 0 Å². The van der Waals surface area contributed by atoms with Gasteiger partial charge in [-0.1, -0.05) is 0 Å². The largest absolute Gasteiger partial charge is 0.381 e. The first-order valence-electron chi connectivity index (χ1n) is 5.21. The van der Waals surface area contributed by atoms with Crippen molar-refractivity contribution in [1.82, 2.24) is 0 Å². The summed E-state index contributed by atoms with van der Waals surface area (Å²) in [6, 6.07) is 2.25. The van der Waals surface area contributed by atoms with Crippen molar-refractivity contribution >= 4 is 27.3 Å². The predicted molar refractivity (Wildman–Crippen MR) is 63.4 cm³/mol. The van der Waals surface area contributed by atoms with E-state index >= 15 is 0 Å². The molecule has 0 bridgehead atoms. The third-order valence-electron chi connectivity index (χ3n) is 3.53. The van der Waals surface area contributed by atoms with E-state index in [4.69, 9.17) is 9.47 Å². The van der Waals surface area contributed by atoms with E-state index in [9.17, 15) is 0 Å². The monoisotopic (exact) mass is 288 g/mol. The maximum absolute atomic E-state index is 5.67. The molecular weight excluding hydrogens is 276 g/mol. The number of hydrogen-bond acceptors (Lipinski definition) is 3. The van der Waals surface area contributed by atoms with Gasteiger partial charge in [0.25, 0.3) is 0 Å². The molecule has 2 aliphatic heterocycles. The molecule has 0 N–H and O–H groups in total. The fourth-order valence-corrected chi connectivity index (χ4v) is 4.32. The summed E-state index contributed by atoms with van der Waals surface area (Å²) in [4.78, 5) is 1.46. The number of rotatable bonds is 1. The second kappa shape index (κ2) is 3.84. The van der Waals surface area contributed by atoms with Crippen LogP contribution in [0, 0.1) is 5.92 Å². The molecule has 2 fully saturated rings. The smallest absolute Gasteiger partial charge is 0.0576 e. The van der Waals surface area contributed by atoms with Gasteiger partial charge in [0.1, 0.15) is 0 Å². The first-order valence-corrected chi connectivity index (χ1v) is 6.88. The molecule has 0 unspecified atom stereocenters. The van der Waals surface area contributed by atoms with E-state index in [0.717, 1.165) is 32.8 Å². The van der Waals surface area contributed by atoms with E-state index in [2.05, 4.69) is 27.4 Å². The Morgan fingerprint density at radius 1 is 1.40 bits per heavy atom. The molecule has 4 heteroatoms. The highest BCUT2D eigenvalue weighted by molar-refractivity contribution is 9.10. The molecule has 0 amide bonds. The molecule has 1 aromatic rings. The van der Waals surface area contributed by atoms with Crippen LogP contribution in [0.4, 0.5) is 0 Å². The lowest BCUT2D eigenvalue weighted by atomic mass is 9.73. The first kappa shape index (κ1) is 10.3. The van der Waals surface area contributed by atoms with Crippen LogP contribution in [0.25, 0.3) is 0 Å². The number of fused-ring (bicyclic) bond motifs is 1. The maximum Gasteiger partial charge on any atom is 0.0576 e. The summed E-state index contributed by atoms with van der Waals surface area (Å²) in [7, 11) is 0. The second-order valence-corrected chi connectivity index (χ2v) is 6.15. The minimum atomic E-state index is 0.245. The molecule has 2 aliphatic rings. The van der Waals surface area contributed by atoms with Crippen LogP contribution in [0.15, 0.2) is 15.9 Å². The summed E-state index contributed by atoms with van der Waals surface area (Å²) < 4.78 is 12.4. The molecule has 2 saturated heterocycles. The van der Waals surface area contributed by atoms with Gasteiger partial charge in [0.15, 0.2) is 0 Å². The van der Waals surface area contributed by atoms with Crippen LogP contribution in [0.1, 0.15) is 11.3 Å². The fourth-order valence-electron chi connectivity index (χ4n) is 2.59. The molecule has 1 aromatic heterocycles. The van der Waals surface area contributed by atoms with Crippen LogP contribution >= 0.6 is 27.3 Å². The first-order chi connectivity index (χ1) is 7.31.